The molecule has 3 rings (SSSR count). The van der Waals surface area contributed by atoms with Gasteiger partial charge in [0.1, 0.15) is 0 Å². The Labute approximate surface area is 113 Å². The van der Waals surface area contributed by atoms with Crippen molar-refractivity contribution < 1.29 is 4.39 Å². The summed E-state index contributed by atoms with van der Waals surface area (Å²) in [6.07, 6.45) is 5.90. The van der Waals surface area contributed by atoms with Gasteiger partial charge in [-0.2, -0.15) is 20.1 Å². The van der Waals surface area contributed by atoms with E-state index >= 15 is 0 Å². The van der Waals surface area contributed by atoms with Crippen molar-refractivity contribution in [2.24, 2.45) is 0 Å². The van der Waals surface area contributed by atoms with E-state index in [-0.39, 0.29) is 11.4 Å². The zero-order valence-electron chi connectivity index (χ0n) is 10.5. The highest BCUT2D eigenvalue weighted by Gasteiger charge is 2.12. The summed E-state index contributed by atoms with van der Waals surface area (Å²) in [4.78, 5) is 16.3. The van der Waals surface area contributed by atoms with Crippen molar-refractivity contribution in [3.05, 3.63) is 42.7 Å². The molecule has 0 aliphatic heterocycles. The monoisotopic (exact) mass is 271 g/mol. The van der Waals surface area contributed by atoms with Crippen LogP contribution in [-0.2, 0) is 0 Å². The number of anilines is 1. The highest BCUT2D eigenvalue weighted by atomic mass is 19.1. The highest BCUT2D eigenvalue weighted by molar-refractivity contribution is 5.56. The molecule has 3 aromatic rings. The van der Waals surface area contributed by atoms with Gasteiger partial charge in [0, 0.05) is 25.6 Å². The normalized spacial score (nSPS) is 10.5. The molecule has 0 amide bonds. The number of hydrogen-bond donors (Lipinski definition) is 1. The van der Waals surface area contributed by atoms with Crippen molar-refractivity contribution in [1.82, 2.24) is 29.7 Å². The van der Waals surface area contributed by atoms with Gasteiger partial charge in [0.15, 0.2) is 11.6 Å². The predicted octanol–water partition coefficient (Wildman–Crippen LogP) is 1.30. The minimum absolute atomic E-state index is 0.217. The fourth-order valence-electron chi connectivity index (χ4n) is 1.64. The maximum Gasteiger partial charge on any atom is 0.255 e. The summed E-state index contributed by atoms with van der Waals surface area (Å²) in [5, 5.41) is 6.87. The number of nitrogens with one attached hydrogen (secondary N) is 1. The summed E-state index contributed by atoms with van der Waals surface area (Å²) >= 11 is 0. The molecule has 20 heavy (non-hydrogen) atoms. The smallest absolute Gasteiger partial charge is 0.255 e. The lowest BCUT2D eigenvalue weighted by Gasteiger charge is -2.07. The van der Waals surface area contributed by atoms with Crippen LogP contribution in [0.5, 0.6) is 0 Å². The lowest BCUT2D eigenvalue weighted by Crippen LogP contribution is -2.08. The molecule has 1 N–H and O–H groups in total. The zero-order valence-corrected chi connectivity index (χ0v) is 10.5. The second-order valence-corrected chi connectivity index (χ2v) is 3.84. The van der Waals surface area contributed by atoms with Gasteiger partial charge in [0.2, 0.25) is 5.95 Å². The Bertz CT molecular complexity index is 726. The molecule has 0 aromatic carbocycles. The van der Waals surface area contributed by atoms with E-state index in [1.54, 1.807) is 25.5 Å². The molecular weight excluding hydrogens is 261 g/mol. The molecule has 0 aliphatic carbocycles. The molecule has 100 valence electrons. The van der Waals surface area contributed by atoms with Crippen molar-refractivity contribution in [2.45, 2.75) is 0 Å². The Kier molecular flexibility index (Phi) is 3.04. The SMILES string of the molecule is CNc1nc(-c2ccncc2F)nc(-n2cccn2)n1. The first kappa shape index (κ1) is 12.2. The summed E-state index contributed by atoms with van der Waals surface area (Å²) in [5.74, 6) is 0.360. The number of hydrogen-bond acceptors (Lipinski definition) is 6. The summed E-state index contributed by atoms with van der Waals surface area (Å²) in [6, 6.07) is 3.26. The van der Waals surface area contributed by atoms with Crippen molar-refractivity contribution >= 4 is 5.95 Å². The van der Waals surface area contributed by atoms with Crippen molar-refractivity contribution in [3.63, 3.8) is 0 Å². The van der Waals surface area contributed by atoms with E-state index < -0.39 is 5.82 Å². The first-order valence-electron chi connectivity index (χ1n) is 5.81. The van der Waals surface area contributed by atoms with Crippen LogP contribution < -0.4 is 5.32 Å². The van der Waals surface area contributed by atoms with Crippen LogP contribution in [0.3, 0.4) is 0 Å². The van der Waals surface area contributed by atoms with Gasteiger partial charge in [-0.05, 0) is 12.1 Å². The van der Waals surface area contributed by atoms with Crippen LogP contribution in [0.15, 0.2) is 36.9 Å². The fourth-order valence-corrected chi connectivity index (χ4v) is 1.64. The number of nitrogens with zero attached hydrogens (tertiary/aromatic N) is 6. The van der Waals surface area contributed by atoms with E-state index in [2.05, 4.69) is 30.4 Å². The lowest BCUT2D eigenvalue weighted by atomic mass is 10.2. The van der Waals surface area contributed by atoms with Gasteiger partial charge in [-0.3, -0.25) is 4.98 Å². The van der Waals surface area contributed by atoms with Crippen molar-refractivity contribution in [3.8, 4) is 17.3 Å². The fraction of sp³-hybridized carbons (Fsp3) is 0.0833. The van der Waals surface area contributed by atoms with E-state index in [0.29, 0.717) is 11.9 Å². The minimum Gasteiger partial charge on any atom is -0.357 e. The van der Waals surface area contributed by atoms with Gasteiger partial charge < -0.3 is 5.32 Å². The van der Waals surface area contributed by atoms with E-state index in [9.17, 15) is 4.39 Å². The van der Waals surface area contributed by atoms with E-state index in [1.807, 2.05) is 0 Å². The molecule has 8 heteroatoms. The maximum absolute atomic E-state index is 13.8. The van der Waals surface area contributed by atoms with Gasteiger partial charge >= 0.3 is 0 Å². The molecule has 0 fully saturated rings. The summed E-state index contributed by atoms with van der Waals surface area (Å²) in [6.45, 7) is 0. The number of halogens is 1. The molecule has 0 saturated heterocycles. The largest absolute Gasteiger partial charge is 0.357 e. The molecule has 7 nitrogen and oxygen atoms in total. The van der Waals surface area contributed by atoms with Crippen LogP contribution in [0.1, 0.15) is 0 Å². The topological polar surface area (TPSA) is 81.4 Å². The van der Waals surface area contributed by atoms with Gasteiger partial charge in [0.25, 0.3) is 5.95 Å². The molecule has 0 atom stereocenters. The van der Waals surface area contributed by atoms with Crippen molar-refractivity contribution in [1.29, 1.82) is 0 Å². The molecule has 0 saturated carbocycles. The van der Waals surface area contributed by atoms with Crippen LogP contribution in [0.25, 0.3) is 17.3 Å². The zero-order chi connectivity index (χ0) is 13.9. The van der Waals surface area contributed by atoms with Crippen molar-refractivity contribution in [2.75, 3.05) is 12.4 Å². The standard InChI is InChI=1S/C12H10FN7/c1-14-11-17-10(8-3-5-15-7-9(8)13)18-12(19-11)20-6-2-4-16-20/h2-7H,1H3,(H,14,17,18,19). The number of rotatable bonds is 3. The molecule has 0 unspecified atom stereocenters. The summed E-state index contributed by atoms with van der Waals surface area (Å²) in [5.41, 5.74) is 0.257. The van der Waals surface area contributed by atoms with Gasteiger partial charge in [-0.25, -0.2) is 9.07 Å². The summed E-state index contributed by atoms with van der Waals surface area (Å²) in [7, 11) is 1.68. The molecule has 0 aliphatic rings. The van der Waals surface area contributed by atoms with Crippen LogP contribution >= 0.6 is 0 Å². The molecule has 0 bridgehead atoms. The van der Waals surface area contributed by atoms with Gasteiger partial charge in [-0.15, -0.1) is 0 Å². The third-order valence-corrected chi connectivity index (χ3v) is 2.57. The summed E-state index contributed by atoms with van der Waals surface area (Å²) < 4.78 is 15.3. The van der Waals surface area contributed by atoms with Gasteiger partial charge in [0.05, 0.1) is 11.8 Å². The Morgan fingerprint density at radius 3 is 2.80 bits per heavy atom. The average Bonchev–Trinajstić information content (AvgIpc) is 3.01. The van der Waals surface area contributed by atoms with Crippen LogP contribution in [0.2, 0.25) is 0 Å². The molecule has 0 spiro atoms. The van der Waals surface area contributed by atoms with Crippen LogP contribution in [0.4, 0.5) is 10.3 Å². The number of aromatic nitrogens is 6. The Morgan fingerprint density at radius 2 is 2.10 bits per heavy atom. The first-order chi connectivity index (χ1) is 9.78. The van der Waals surface area contributed by atoms with Crippen LogP contribution in [0, 0.1) is 5.82 Å². The quantitative estimate of drug-likeness (QED) is 0.773. The molecular formula is C12H10FN7. The molecule has 3 heterocycles. The third-order valence-electron chi connectivity index (χ3n) is 2.57. The Hall–Kier alpha value is -2.90. The maximum atomic E-state index is 13.8. The van der Waals surface area contributed by atoms with Gasteiger partial charge in [-0.1, -0.05) is 0 Å². The first-order valence-corrected chi connectivity index (χ1v) is 5.81. The highest BCUT2D eigenvalue weighted by Crippen LogP contribution is 2.19. The Morgan fingerprint density at radius 1 is 1.20 bits per heavy atom. The average molecular weight is 271 g/mol. The number of pyridine rings is 1. The molecule has 3 aromatic heterocycles. The third kappa shape index (κ3) is 2.18. The van der Waals surface area contributed by atoms with Crippen LogP contribution in [-0.4, -0.2) is 36.8 Å². The minimum atomic E-state index is -0.493. The Balaban J connectivity index is 2.17. The molecule has 0 radical (unpaired) electrons. The predicted molar refractivity (Wildman–Crippen MR) is 69.7 cm³/mol. The lowest BCUT2D eigenvalue weighted by molar-refractivity contribution is 0.623. The van der Waals surface area contributed by atoms with E-state index in [4.69, 9.17) is 0 Å². The second kappa shape index (κ2) is 5.00. The second-order valence-electron chi connectivity index (χ2n) is 3.84. The van der Waals surface area contributed by atoms with E-state index in [0.717, 1.165) is 6.20 Å². The van der Waals surface area contributed by atoms with E-state index in [1.165, 1.54) is 16.9 Å².